The Kier molecular flexibility index (Phi) is 5.23. The number of hydrogen-bond donors (Lipinski definition) is 2. The highest BCUT2D eigenvalue weighted by Gasteiger charge is 2.30. The standard InChI is InChI=1S/C16H20ClNO3/c1-10-2-3-11(8-14(10)17)4-7-15(19)18-13-6-5-12(9-13)16(20)21/h2-3,8,12-13H,4-7,9H2,1H3,(H,18,19)(H,20,21). The Bertz CT molecular complexity index is 544. The number of halogens is 1. The first kappa shape index (κ1) is 15.8. The summed E-state index contributed by atoms with van der Waals surface area (Å²) in [4.78, 5) is 22.8. The number of nitrogens with one attached hydrogen (secondary N) is 1. The van der Waals surface area contributed by atoms with E-state index in [4.69, 9.17) is 16.7 Å². The normalized spacial score (nSPS) is 21.2. The summed E-state index contributed by atoms with van der Waals surface area (Å²) >= 11 is 6.06. The van der Waals surface area contributed by atoms with E-state index in [-0.39, 0.29) is 17.9 Å². The van der Waals surface area contributed by atoms with Gasteiger partial charge in [-0.15, -0.1) is 0 Å². The predicted molar refractivity (Wildman–Crippen MR) is 81.4 cm³/mol. The lowest BCUT2D eigenvalue weighted by Crippen LogP contribution is -2.33. The van der Waals surface area contributed by atoms with E-state index in [2.05, 4.69) is 5.32 Å². The minimum atomic E-state index is -0.763. The Hall–Kier alpha value is -1.55. The molecule has 0 saturated heterocycles. The highest BCUT2D eigenvalue weighted by molar-refractivity contribution is 6.31. The molecule has 1 aliphatic rings. The molecule has 1 fully saturated rings. The van der Waals surface area contributed by atoms with E-state index in [0.29, 0.717) is 30.7 Å². The average molecular weight is 310 g/mol. The Morgan fingerprint density at radius 3 is 2.76 bits per heavy atom. The fourth-order valence-electron chi connectivity index (χ4n) is 2.69. The monoisotopic (exact) mass is 309 g/mol. The predicted octanol–water partition coefficient (Wildman–Crippen LogP) is 2.95. The maximum absolute atomic E-state index is 11.9. The van der Waals surface area contributed by atoms with Gasteiger partial charge >= 0.3 is 5.97 Å². The number of aryl methyl sites for hydroxylation is 2. The highest BCUT2D eigenvalue weighted by Crippen LogP contribution is 2.25. The lowest BCUT2D eigenvalue weighted by atomic mass is 10.1. The molecule has 0 bridgehead atoms. The van der Waals surface area contributed by atoms with Crippen molar-refractivity contribution in [3.8, 4) is 0 Å². The maximum atomic E-state index is 11.9. The van der Waals surface area contributed by atoms with Crippen LogP contribution in [0.4, 0.5) is 0 Å². The molecule has 0 heterocycles. The van der Waals surface area contributed by atoms with E-state index < -0.39 is 5.97 Å². The topological polar surface area (TPSA) is 66.4 Å². The summed E-state index contributed by atoms with van der Waals surface area (Å²) in [5.41, 5.74) is 2.06. The molecular formula is C16H20ClNO3. The summed E-state index contributed by atoms with van der Waals surface area (Å²) in [7, 11) is 0. The number of carbonyl (C=O) groups is 2. The zero-order valence-corrected chi connectivity index (χ0v) is 12.8. The van der Waals surface area contributed by atoms with E-state index in [1.54, 1.807) is 0 Å². The van der Waals surface area contributed by atoms with Crippen LogP contribution in [0.25, 0.3) is 0 Å². The van der Waals surface area contributed by atoms with Crippen LogP contribution in [0.2, 0.25) is 5.02 Å². The molecule has 114 valence electrons. The van der Waals surface area contributed by atoms with E-state index in [0.717, 1.165) is 17.5 Å². The van der Waals surface area contributed by atoms with Crippen LogP contribution in [0.5, 0.6) is 0 Å². The van der Waals surface area contributed by atoms with Gasteiger partial charge in [-0.05, 0) is 49.8 Å². The van der Waals surface area contributed by atoms with Gasteiger partial charge in [0.2, 0.25) is 5.91 Å². The molecule has 2 rings (SSSR count). The van der Waals surface area contributed by atoms with Gasteiger partial charge in [0.25, 0.3) is 0 Å². The first-order valence-corrected chi connectivity index (χ1v) is 7.60. The Balaban J connectivity index is 1.77. The third-order valence-electron chi connectivity index (χ3n) is 4.02. The van der Waals surface area contributed by atoms with Crippen molar-refractivity contribution in [1.29, 1.82) is 0 Å². The minimum Gasteiger partial charge on any atom is -0.481 e. The third-order valence-corrected chi connectivity index (χ3v) is 4.43. The zero-order chi connectivity index (χ0) is 15.4. The van der Waals surface area contributed by atoms with Crippen molar-refractivity contribution in [1.82, 2.24) is 5.32 Å². The molecule has 4 nitrogen and oxygen atoms in total. The molecule has 0 aliphatic heterocycles. The van der Waals surface area contributed by atoms with Crippen LogP contribution < -0.4 is 5.32 Å². The van der Waals surface area contributed by atoms with Crippen molar-refractivity contribution in [3.05, 3.63) is 34.3 Å². The second kappa shape index (κ2) is 6.94. The van der Waals surface area contributed by atoms with Crippen molar-refractivity contribution >= 4 is 23.5 Å². The summed E-state index contributed by atoms with van der Waals surface area (Å²) in [5, 5.41) is 12.6. The third kappa shape index (κ3) is 4.46. The maximum Gasteiger partial charge on any atom is 0.306 e. The van der Waals surface area contributed by atoms with Crippen molar-refractivity contribution in [3.63, 3.8) is 0 Å². The lowest BCUT2D eigenvalue weighted by Gasteiger charge is -2.12. The summed E-state index contributed by atoms with van der Waals surface area (Å²) in [5.74, 6) is -1.10. The zero-order valence-electron chi connectivity index (χ0n) is 12.1. The number of aliphatic carboxylic acids is 1. The Labute approximate surface area is 129 Å². The minimum absolute atomic E-state index is 0.000191. The summed E-state index contributed by atoms with van der Waals surface area (Å²) < 4.78 is 0. The van der Waals surface area contributed by atoms with Crippen LogP contribution in [-0.2, 0) is 16.0 Å². The first-order chi connectivity index (χ1) is 9.95. The van der Waals surface area contributed by atoms with Crippen LogP contribution in [0, 0.1) is 12.8 Å². The molecule has 1 amide bonds. The number of rotatable bonds is 5. The van der Waals surface area contributed by atoms with E-state index in [1.807, 2.05) is 25.1 Å². The van der Waals surface area contributed by atoms with Gasteiger partial charge in [0.05, 0.1) is 5.92 Å². The number of amides is 1. The van der Waals surface area contributed by atoms with Gasteiger partial charge in [0, 0.05) is 17.5 Å². The molecule has 5 heteroatoms. The molecule has 0 radical (unpaired) electrons. The van der Waals surface area contributed by atoms with Crippen LogP contribution in [-0.4, -0.2) is 23.0 Å². The molecule has 2 N–H and O–H groups in total. The number of carboxylic acid groups (broad SMARTS) is 1. The van der Waals surface area contributed by atoms with Crippen molar-refractivity contribution in [2.24, 2.45) is 5.92 Å². The van der Waals surface area contributed by atoms with Crippen molar-refractivity contribution in [2.75, 3.05) is 0 Å². The molecule has 1 aliphatic carbocycles. The quantitative estimate of drug-likeness (QED) is 0.879. The first-order valence-electron chi connectivity index (χ1n) is 7.23. The molecule has 21 heavy (non-hydrogen) atoms. The molecule has 2 unspecified atom stereocenters. The molecule has 0 spiro atoms. The average Bonchev–Trinajstić information content (AvgIpc) is 2.89. The Morgan fingerprint density at radius 2 is 2.14 bits per heavy atom. The van der Waals surface area contributed by atoms with Crippen molar-refractivity contribution < 1.29 is 14.7 Å². The largest absolute Gasteiger partial charge is 0.481 e. The lowest BCUT2D eigenvalue weighted by molar-refractivity contribution is -0.141. The van der Waals surface area contributed by atoms with E-state index >= 15 is 0 Å². The molecule has 0 aromatic heterocycles. The summed E-state index contributed by atoms with van der Waals surface area (Å²) in [6, 6.07) is 5.81. The summed E-state index contributed by atoms with van der Waals surface area (Å²) in [6.07, 6.45) is 2.97. The number of carboxylic acids is 1. The molecule has 2 atom stereocenters. The highest BCUT2D eigenvalue weighted by atomic mass is 35.5. The number of carbonyl (C=O) groups excluding carboxylic acids is 1. The van der Waals surface area contributed by atoms with Gasteiger partial charge in [-0.2, -0.15) is 0 Å². The van der Waals surface area contributed by atoms with Gasteiger partial charge in [0.15, 0.2) is 0 Å². The number of benzene rings is 1. The van der Waals surface area contributed by atoms with Crippen LogP contribution in [0.15, 0.2) is 18.2 Å². The molecule has 1 aromatic rings. The van der Waals surface area contributed by atoms with Crippen LogP contribution in [0.1, 0.15) is 36.8 Å². The molecule has 1 saturated carbocycles. The van der Waals surface area contributed by atoms with E-state index in [9.17, 15) is 9.59 Å². The fraction of sp³-hybridized carbons (Fsp3) is 0.500. The van der Waals surface area contributed by atoms with Gasteiger partial charge in [-0.3, -0.25) is 9.59 Å². The van der Waals surface area contributed by atoms with E-state index in [1.165, 1.54) is 0 Å². The second-order valence-electron chi connectivity index (χ2n) is 5.70. The van der Waals surface area contributed by atoms with Gasteiger partial charge < -0.3 is 10.4 Å². The Morgan fingerprint density at radius 1 is 1.38 bits per heavy atom. The van der Waals surface area contributed by atoms with Crippen LogP contribution >= 0.6 is 11.6 Å². The smallest absolute Gasteiger partial charge is 0.306 e. The van der Waals surface area contributed by atoms with Gasteiger partial charge in [0.1, 0.15) is 0 Å². The fourth-order valence-corrected chi connectivity index (χ4v) is 2.89. The van der Waals surface area contributed by atoms with Gasteiger partial charge in [-0.1, -0.05) is 23.7 Å². The molecular weight excluding hydrogens is 290 g/mol. The van der Waals surface area contributed by atoms with Crippen molar-refractivity contribution in [2.45, 2.75) is 45.1 Å². The SMILES string of the molecule is Cc1ccc(CCC(=O)NC2CCC(C(=O)O)C2)cc1Cl. The second-order valence-corrected chi connectivity index (χ2v) is 6.10. The number of hydrogen-bond acceptors (Lipinski definition) is 2. The molecule has 1 aromatic carbocycles. The van der Waals surface area contributed by atoms with Crippen LogP contribution in [0.3, 0.4) is 0 Å². The van der Waals surface area contributed by atoms with Gasteiger partial charge in [-0.25, -0.2) is 0 Å². The summed E-state index contributed by atoms with van der Waals surface area (Å²) in [6.45, 7) is 1.94.